The van der Waals surface area contributed by atoms with Gasteiger partial charge in [-0.1, -0.05) is 13.0 Å². The molecule has 0 saturated carbocycles. The Morgan fingerprint density at radius 3 is 2.46 bits per heavy atom. The monoisotopic (exact) mass is 377 g/mol. The first kappa shape index (κ1) is 19.9. The summed E-state index contributed by atoms with van der Waals surface area (Å²) in [6.07, 6.45) is 0. The van der Waals surface area contributed by atoms with Crippen LogP contribution in [-0.2, 0) is 6.54 Å². The largest absolute Gasteiger partial charge is 0.502 e. The first-order valence-electron chi connectivity index (χ1n) is 8.58. The number of hydrogen-bond acceptors (Lipinski definition) is 5. The quantitative estimate of drug-likeness (QED) is 0.486. The van der Waals surface area contributed by atoms with E-state index >= 15 is 0 Å². The number of guanidine groups is 1. The molecule has 0 amide bonds. The summed E-state index contributed by atoms with van der Waals surface area (Å²) in [6, 6.07) is 7.75. The molecule has 0 aliphatic heterocycles. The fourth-order valence-corrected chi connectivity index (χ4v) is 3.26. The summed E-state index contributed by atoms with van der Waals surface area (Å²) >= 11 is 1.76. The summed E-state index contributed by atoms with van der Waals surface area (Å²) in [5.74, 6) is 1.91. The number of rotatable bonds is 8. The molecule has 1 heterocycles. The molecule has 2 rings (SSSR count). The number of nitrogens with one attached hydrogen (secondary N) is 2. The molecule has 0 spiro atoms. The van der Waals surface area contributed by atoms with Crippen molar-refractivity contribution in [1.82, 2.24) is 10.6 Å². The lowest BCUT2D eigenvalue weighted by Crippen LogP contribution is -2.39. The second-order valence-corrected chi connectivity index (χ2v) is 6.82. The predicted octanol–water partition coefficient (Wildman–Crippen LogP) is 3.33. The van der Waals surface area contributed by atoms with Gasteiger partial charge in [-0.25, -0.2) is 4.99 Å². The number of hydrogen-bond donors (Lipinski definition) is 3. The van der Waals surface area contributed by atoms with Crippen LogP contribution in [0.4, 0.5) is 0 Å². The number of methoxy groups -OCH3 is 2. The number of aliphatic imine (C=N–C) groups is 1. The molecule has 0 fully saturated rings. The van der Waals surface area contributed by atoms with Gasteiger partial charge in [0.1, 0.15) is 0 Å². The summed E-state index contributed by atoms with van der Waals surface area (Å²) in [7, 11) is 3.03. The van der Waals surface area contributed by atoms with Gasteiger partial charge in [0.15, 0.2) is 17.5 Å². The van der Waals surface area contributed by atoms with Gasteiger partial charge in [0.25, 0.3) is 0 Å². The van der Waals surface area contributed by atoms with Gasteiger partial charge in [0.05, 0.1) is 20.8 Å². The van der Waals surface area contributed by atoms with Gasteiger partial charge in [-0.3, -0.25) is 0 Å². The summed E-state index contributed by atoms with van der Waals surface area (Å²) in [4.78, 5) is 5.97. The highest BCUT2D eigenvalue weighted by Crippen LogP contribution is 2.37. The molecular weight excluding hydrogens is 350 g/mol. The van der Waals surface area contributed by atoms with Crippen molar-refractivity contribution in [2.45, 2.75) is 26.3 Å². The van der Waals surface area contributed by atoms with Gasteiger partial charge < -0.3 is 25.2 Å². The SMILES string of the molecule is CCNC(=NCc1cc(OC)c(O)c(OC)c1)NCC(C)c1cccs1. The van der Waals surface area contributed by atoms with E-state index in [1.807, 2.05) is 6.92 Å². The number of thiophene rings is 1. The highest BCUT2D eigenvalue weighted by Gasteiger charge is 2.11. The van der Waals surface area contributed by atoms with Gasteiger partial charge in [-0.2, -0.15) is 0 Å². The number of ether oxygens (including phenoxy) is 2. The van der Waals surface area contributed by atoms with E-state index in [-0.39, 0.29) is 5.75 Å². The Labute approximate surface area is 158 Å². The van der Waals surface area contributed by atoms with E-state index in [4.69, 9.17) is 9.47 Å². The van der Waals surface area contributed by atoms with Gasteiger partial charge in [0.2, 0.25) is 5.75 Å². The van der Waals surface area contributed by atoms with Crippen LogP contribution < -0.4 is 20.1 Å². The van der Waals surface area contributed by atoms with E-state index in [1.54, 1.807) is 23.5 Å². The molecule has 3 N–H and O–H groups in total. The molecule has 1 atom stereocenters. The zero-order valence-corrected chi connectivity index (χ0v) is 16.5. The zero-order valence-electron chi connectivity index (χ0n) is 15.7. The molecular formula is C19H27N3O3S. The highest BCUT2D eigenvalue weighted by molar-refractivity contribution is 7.10. The standard InChI is InChI=1S/C19H27N3O3S/c1-5-20-19(21-11-13(2)17-7-6-8-26-17)22-12-14-9-15(24-3)18(23)16(10-14)25-4/h6-10,13,23H,5,11-12H2,1-4H3,(H2,20,21,22). The first-order valence-corrected chi connectivity index (χ1v) is 9.46. The van der Waals surface area contributed by atoms with Crippen LogP contribution in [0.1, 0.15) is 30.2 Å². The molecule has 7 heteroatoms. The van der Waals surface area contributed by atoms with Crippen LogP contribution >= 0.6 is 11.3 Å². The lowest BCUT2D eigenvalue weighted by atomic mass is 10.1. The lowest BCUT2D eigenvalue weighted by Gasteiger charge is -2.15. The summed E-state index contributed by atoms with van der Waals surface area (Å²) < 4.78 is 10.4. The Balaban J connectivity index is 2.06. The van der Waals surface area contributed by atoms with Crippen LogP contribution in [0.5, 0.6) is 17.2 Å². The third kappa shape index (κ3) is 5.29. The minimum atomic E-state index is -0.00228. The van der Waals surface area contributed by atoms with Crippen LogP contribution in [0.15, 0.2) is 34.6 Å². The topological polar surface area (TPSA) is 75.1 Å². The van der Waals surface area contributed by atoms with Crippen molar-refractivity contribution in [3.8, 4) is 17.2 Å². The van der Waals surface area contributed by atoms with E-state index in [0.717, 1.165) is 24.6 Å². The molecule has 0 aliphatic rings. The fraction of sp³-hybridized carbons (Fsp3) is 0.421. The molecule has 1 unspecified atom stereocenters. The van der Waals surface area contributed by atoms with E-state index in [2.05, 4.69) is 40.1 Å². The van der Waals surface area contributed by atoms with Gasteiger partial charge >= 0.3 is 0 Å². The third-order valence-corrected chi connectivity index (χ3v) is 5.01. The van der Waals surface area contributed by atoms with Gasteiger partial charge in [0, 0.05) is 23.9 Å². The van der Waals surface area contributed by atoms with Crippen LogP contribution in [0.2, 0.25) is 0 Å². The second-order valence-electron chi connectivity index (χ2n) is 5.84. The first-order chi connectivity index (χ1) is 12.6. The van der Waals surface area contributed by atoms with Crippen molar-refractivity contribution in [3.05, 3.63) is 40.1 Å². The number of aromatic hydroxyl groups is 1. The Bertz CT molecular complexity index is 692. The molecule has 142 valence electrons. The smallest absolute Gasteiger partial charge is 0.200 e. The van der Waals surface area contributed by atoms with Crippen LogP contribution in [-0.4, -0.2) is 38.4 Å². The van der Waals surface area contributed by atoms with Crippen molar-refractivity contribution < 1.29 is 14.6 Å². The van der Waals surface area contributed by atoms with Crippen molar-refractivity contribution in [3.63, 3.8) is 0 Å². The number of phenols is 1. The van der Waals surface area contributed by atoms with Crippen LogP contribution in [0.3, 0.4) is 0 Å². The highest BCUT2D eigenvalue weighted by atomic mass is 32.1. The van der Waals surface area contributed by atoms with Crippen molar-refractivity contribution in [2.24, 2.45) is 4.99 Å². The maximum absolute atomic E-state index is 10.0. The predicted molar refractivity (Wildman–Crippen MR) is 107 cm³/mol. The molecule has 0 bridgehead atoms. The number of nitrogens with zero attached hydrogens (tertiary/aromatic N) is 1. The third-order valence-electron chi connectivity index (χ3n) is 3.91. The van der Waals surface area contributed by atoms with Crippen molar-refractivity contribution >= 4 is 17.3 Å². The summed E-state index contributed by atoms with van der Waals surface area (Å²) in [5, 5.41) is 18.7. The average Bonchev–Trinajstić information content (AvgIpc) is 3.19. The lowest BCUT2D eigenvalue weighted by molar-refractivity contribution is 0.339. The Morgan fingerprint density at radius 1 is 1.23 bits per heavy atom. The summed E-state index contributed by atoms with van der Waals surface area (Å²) in [5.41, 5.74) is 0.889. The Kier molecular flexibility index (Phi) is 7.59. The molecule has 0 aliphatic carbocycles. The van der Waals surface area contributed by atoms with Crippen molar-refractivity contribution in [2.75, 3.05) is 27.3 Å². The minimum absolute atomic E-state index is 0.00228. The number of phenolic OH excluding ortho intramolecular Hbond substituents is 1. The van der Waals surface area contributed by atoms with Gasteiger partial charge in [-0.15, -0.1) is 11.3 Å². The zero-order chi connectivity index (χ0) is 18.9. The maximum atomic E-state index is 10.0. The molecule has 6 nitrogen and oxygen atoms in total. The second kappa shape index (κ2) is 9.91. The Hall–Kier alpha value is -2.41. The minimum Gasteiger partial charge on any atom is -0.502 e. The summed E-state index contributed by atoms with van der Waals surface area (Å²) in [6.45, 7) is 6.25. The van der Waals surface area contributed by atoms with E-state index in [0.29, 0.717) is 24.0 Å². The molecule has 1 aromatic carbocycles. The van der Waals surface area contributed by atoms with E-state index in [1.165, 1.54) is 19.1 Å². The van der Waals surface area contributed by atoms with Gasteiger partial charge in [-0.05, 0) is 36.1 Å². The number of benzene rings is 1. The van der Waals surface area contributed by atoms with Crippen LogP contribution in [0, 0.1) is 0 Å². The molecule has 2 aromatic rings. The Morgan fingerprint density at radius 2 is 1.92 bits per heavy atom. The molecule has 26 heavy (non-hydrogen) atoms. The van der Waals surface area contributed by atoms with E-state index in [9.17, 15) is 5.11 Å². The molecule has 0 saturated heterocycles. The molecule has 1 aromatic heterocycles. The fourth-order valence-electron chi connectivity index (χ4n) is 2.47. The van der Waals surface area contributed by atoms with Crippen LogP contribution in [0.25, 0.3) is 0 Å². The normalized spacial score (nSPS) is 12.5. The van der Waals surface area contributed by atoms with E-state index < -0.39 is 0 Å². The average molecular weight is 378 g/mol. The maximum Gasteiger partial charge on any atom is 0.200 e. The van der Waals surface area contributed by atoms with Crippen molar-refractivity contribution in [1.29, 1.82) is 0 Å². The molecule has 0 radical (unpaired) electrons.